The normalized spacial score (nSPS) is 13.9. The molecule has 0 unspecified atom stereocenters. The molecule has 0 N–H and O–H groups in total. The van der Waals surface area contributed by atoms with E-state index < -0.39 is 5.82 Å². The summed E-state index contributed by atoms with van der Waals surface area (Å²) in [7, 11) is 3.36. The maximum absolute atomic E-state index is 15.1. The lowest BCUT2D eigenvalue weighted by molar-refractivity contribution is 0.0827. The van der Waals surface area contributed by atoms with Crippen LogP contribution < -0.4 is 5.56 Å². The SMILES string of the molecule is CN(C)C(=O)c1ccc(-c2cc3c(cc2F)c2ocnc2c(=O)n3C2CC2)cc1. The molecule has 5 rings (SSSR count). The Morgan fingerprint density at radius 1 is 1.21 bits per heavy atom. The van der Waals surface area contributed by atoms with E-state index in [1.54, 1.807) is 49.0 Å². The third kappa shape index (κ3) is 2.73. The van der Waals surface area contributed by atoms with Crippen molar-refractivity contribution in [1.82, 2.24) is 14.5 Å². The zero-order valence-corrected chi connectivity index (χ0v) is 16.0. The lowest BCUT2D eigenvalue weighted by Crippen LogP contribution is -2.21. The predicted molar refractivity (Wildman–Crippen MR) is 107 cm³/mol. The smallest absolute Gasteiger partial charge is 0.281 e. The molecule has 29 heavy (non-hydrogen) atoms. The quantitative estimate of drug-likeness (QED) is 0.530. The second-order valence-electron chi connectivity index (χ2n) is 7.56. The van der Waals surface area contributed by atoms with E-state index in [9.17, 15) is 9.59 Å². The molecular formula is C22H18FN3O3. The highest BCUT2D eigenvalue weighted by atomic mass is 19.1. The Morgan fingerprint density at radius 3 is 2.59 bits per heavy atom. The van der Waals surface area contributed by atoms with Gasteiger partial charge < -0.3 is 13.9 Å². The minimum Gasteiger partial charge on any atom is -0.443 e. The fourth-order valence-electron chi connectivity index (χ4n) is 3.72. The van der Waals surface area contributed by atoms with Crippen molar-refractivity contribution in [2.75, 3.05) is 14.1 Å². The lowest BCUT2D eigenvalue weighted by atomic mass is 10.0. The molecule has 6 nitrogen and oxygen atoms in total. The minimum absolute atomic E-state index is 0.101. The van der Waals surface area contributed by atoms with Gasteiger partial charge in [0.05, 0.1) is 5.52 Å². The first-order valence-electron chi connectivity index (χ1n) is 9.38. The van der Waals surface area contributed by atoms with Crippen molar-refractivity contribution in [3.63, 3.8) is 0 Å². The van der Waals surface area contributed by atoms with Gasteiger partial charge >= 0.3 is 0 Å². The number of aromatic nitrogens is 2. The van der Waals surface area contributed by atoms with E-state index in [4.69, 9.17) is 4.42 Å². The molecule has 1 aliphatic rings. The molecule has 0 bridgehead atoms. The van der Waals surface area contributed by atoms with E-state index in [1.807, 2.05) is 0 Å². The fourth-order valence-corrected chi connectivity index (χ4v) is 3.72. The summed E-state index contributed by atoms with van der Waals surface area (Å²) in [4.78, 5) is 30.5. The molecule has 0 saturated heterocycles. The number of fused-ring (bicyclic) bond motifs is 3. The molecule has 7 heteroatoms. The number of amides is 1. The van der Waals surface area contributed by atoms with Gasteiger partial charge in [-0.15, -0.1) is 0 Å². The standard InChI is InChI=1S/C22H18FN3O3/c1-25(2)21(27)13-5-3-12(4-6-13)15-10-18-16(9-17(15)23)20-19(24-11-29-20)22(28)26(18)14-7-8-14/h3-6,9-11,14H,7-8H2,1-2H3. The summed E-state index contributed by atoms with van der Waals surface area (Å²) >= 11 is 0. The van der Waals surface area contributed by atoms with Crippen LogP contribution in [0, 0.1) is 5.82 Å². The number of rotatable bonds is 3. The van der Waals surface area contributed by atoms with Crippen LogP contribution in [0.15, 0.2) is 52.0 Å². The number of halogens is 1. The van der Waals surface area contributed by atoms with Crippen molar-refractivity contribution < 1.29 is 13.6 Å². The van der Waals surface area contributed by atoms with Crippen LogP contribution in [0.1, 0.15) is 29.2 Å². The monoisotopic (exact) mass is 391 g/mol. The first-order valence-corrected chi connectivity index (χ1v) is 9.38. The number of carbonyl (C=O) groups is 1. The number of hydrogen-bond acceptors (Lipinski definition) is 4. The van der Waals surface area contributed by atoms with Crippen molar-refractivity contribution in [3.8, 4) is 11.1 Å². The Labute approximate surface area is 165 Å². The van der Waals surface area contributed by atoms with Crippen LogP contribution >= 0.6 is 0 Å². The third-order valence-electron chi connectivity index (χ3n) is 5.34. The maximum Gasteiger partial charge on any atom is 0.281 e. The highest BCUT2D eigenvalue weighted by Gasteiger charge is 2.29. The molecule has 2 aromatic heterocycles. The van der Waals surface area contributed by atoms with Crippen LogP contribution in [0.3, 0.4) is 0 Å². The Morgan fingerprint density at radius 2 is 1.93 bits per heavy atom. The third-order valence-corrected chi connectivity index (χ3v) is 5.34. The predicted octanol–water partition coefficient (Wildman–Crippen LogP) is 3.99. The summed E-state index contributed by atoms with van der Waals surface area (Å²) in [5.41, 5.74) is 2.47. The highest BCUT2D eigenvalue weighted by molar-refractivity contribution is 6.02. The molecule has 1 amide bonds. The van der Waals surface area contributed by atoms with Crippen LogP contribution in [-0.4, -0.2) is 34.5 Å². The Hall–Kier alpha value is -3.48. The molecule has 0 atom stereocenters. The maximum atomic E-state index is 15.1. The summed E-state index contributed by atoms with van der Waals surface area (Å²) in [5.74, 6) is -0.548. The molecule has 1 saturated carbocycles. The molecule has 0 aliphatic heterocycles. The molecule has 2 aromatic carbocycles. The number of oxazole rings is 1. The van der Waals surface area contributed by atoms with Gasteiger partial charge in [-0.3, -0.25) is 9.59 Å². The Bertz CT molecular complexity index is 1330. The minimum atomic E-state index is -0.428. The lowest BCUT2D eigenvalue weighted by Gasteiger charge is -2.13. The second-order valence-corrected chi connectivity index (χ2v) is 7.56. The van der Waals surface area contributed by atoms with Gasteiger partial charge in [-0.2, -0.15) is 0 Å². The average Bonchev–Trinajstić information content (AvgIpc) is 3.42. The number of nitrogens with zero attached hydrogens (tertiary/aromatic N) is 3. The zero-order chi connectivity index (χ0) is 20.3. The Kier molecular flexibility index (Phi) is 3.81. The topological polar surface area (TPSA) is 68.3 Å². The van der Waals surface area contributed by atoms with E-state index >= 15 is 4.39 Å². The van der Waals surface area contributed by atoms with Crippen LogP contribution in [0.25, 0.3) is 33.1 Å². The van der Waals surface area contributed by atoms with Crippen LogP contribution in [-0.2, 0) is 0 Å². The van der Waals surface area contributed by atoms with E-state index in [0.29, 0.717) is 33.2 Å². The van der Waals surface area contributed by atoms with Gasteiger partial charge in [0.15, 0.2) is 17.5 Å². The molecule has 2 heterocycles. The number of carbonyl (C=O) groups excluding carboxylic acids is 1. The van der Waals surface area contributed by atoms with Gasteiger partial charge in [0, 0.05) is 36.7 Å². The van der Waals surface area contributed by atoms with Crippen molar-refractivity contribution in [1.29, 1.82) is 0 Å². The summed E-state index contributed by atoms with van der Waals surface area (Å²) in [6, 6.07) is 9.97. The van der Waals surface area contributed by atoms with Gasteiger partial charge in [-0.05, 0) is 42.7 Å². The molecule has 0 radical (unpaired) electrons. The fraction of sp³-hybridized carbons (Fsp3) is 0.227. The number of benzene rings is 2. The van der Waals surface area contributed by atoms with E-state index in [-0.39, 0.29) is 23.0 Å². The van der Waals surface area contributed by atoms with Gasteiger partial charge in [0.25, 0.3) is 11.5 Å². The summed E-state index contributed by atoms with van der Waals surface area (Å²) in [5, 5.41) is 0.532. The van der Waals surface area contributed by atoms with E-state index in [1.165, 1.54) is 17.4 Å². The summed E-state index contributed by atoms with van der Waals surface area (Å²) in [6.45, 7) is 0. The number of hydrogen-bond donors (Lipinski definition) is 0. The average molecular weight is 391 g/mol. The molecule has 0 spiro atoms. The molecule has 1 fully saturated rings. The van der Waals surface area contributed by atoms with E-state index in [2.05, 4.69) is 4.98 Å². The first-order chi connectivity index (χ1) is 14.0. The van der Waals surface area contributed by atoms with E-state index in [0.717, 1.165) is 12.8 Å². The molecule has 4 aromatic rings. The molecule has 1 aliphatic carbocycles. The highest BCUT2D eigenvalue weighted by Crippen LogP contribution is 2.39. The Balaban J connectivity index is 1.72. The van der Waals surface area contributed by atoms with Gasteiger partial charge in [0.2, 0.25) is 0 Å². The molecular weight excluding hydrogens is 373 g/mol. The van der Waals surface area contributed by atoms with Crippen LogP contribution in [0.5, 0.6) is 0 Å². The van der Waals surface area contributed by atoms with Gasteiger partial charge in [0.1, 0.15) is 5.82 Å². The molecule has 146 valence electrons. The van der Waals surface area contributed by atoms with Crippen LogP contribution in [0.4, 0.5) is 4.39 Å². The van der Waals surface area contributed by atoms with Crippen molar-refractivity contribution >= 4 is 27.9 Å². The van der Waals surface area contributed by atoms with Gasteiger partial charge in [-0.25, -0.2) is 9.37 Å². The largest absolute Gasteiger partial charge is 0.443 e. The van der Waals surface area contributed by atoms with Crippen LogP contribution in [0.2, 0.25) is 0 Å². The van der Waals surface area contributed by atoms with Crippen molar-refractivity contribution in [3.05, 3.63) is 64.5 Å². The zero-order valence-electron chi connectivity index (χ0n) is 16.0. The summed E-state index contributed by atoms with van der Waals surface area (Å²) in [6.07, 6.45) is 3.04. The van der Waals surface area contributed by atoms with Crippen molar-refractivity contribution in [2.45, 2.75) is 18.9 Å². The van der Waals surface area contributed by atoms with Gasteiger partial charge in [-0.1, -0.05) is 12.1 Å². The van der Waals surface area contributed by atoms with Crippen molar-refractivity contribution in [2.24, 2.45) is 0 Å². The number of pyridine rings is 1. The second kappa shape index (κ2) is 6.27. The first kappa shape index (κ1) is 17.6. The summed E-state index contributed by atoms with van der Waals surface area (Å²) < 4.78 is 22.2.